The van der Waals surface area contributed by atoms with Crippen LogP contribution in [-0.2, 0) is 16.0 Å². The lowest BCUT2D eigenvalue weighted by atomic mass is 10.1. The number of aliphatic hydroxyl groups is 1. The molecular formula is C11H10ClFO4. The van der Waals surface area contributed by atoms with Gasteiger partial charge >= 0.3 is 5.97 Å². The van der Waals surface area contributed by atoms with Crippen LogP contribution in [0.4, 0.5) is 4.39 Å². The van der Waals surface area contributed by atoms with Crippen LogP contribution >= 0.6 is 11.6 Å². The van der Waals surface area contributed by atoms with E-state index >= 15 is 0 Å². The Labute approximate surface area is 102 Å². The Morgan fingerprint density at radius 3 is 2.82 bits per heavy atom. The van der Waals surface area contributed by atoms with E-state index in [0.29, 0.717) is 11.8 Å². The number of hydrogen-bond acceptors (Lipinski definition) is 4. The average molecular weight is 261 g/mol. The number of benzene rings is 1. The molecule has 0 heterocycles. The number of ether oxygens (including phenoxy) is 1. The fourth-order valence-electron chi connectivity index (χ4n) is 1.21. The van der Waals surface area contributed by atoms with Crippen LogP contribution in [0.15, 0.2) is 12.1 Å². The number of rotatable bonds is 5. The van der Waals surface area contributed by atoms with E-state index in [4.69, 9.17) is 16.7 Å². The van der Waals surface area contributed by atoms with Crippen molar-refractivity contribution in [2.45, 2.75) is 6.42 Å². The number of hydrogen-bond donors (Lipinski definition) is 1. The summed E-state index contributed by atoms with van der Waals surface area (Å²) in [5.41, 5.74) is 0.312. The molecule has 1 N–H and O–H groups in total. The van der Waals surface area contributed by atoms with Crippen molar-refractivity contribution in [3.63, 3.8) is 0 Å². The van der Waals surface area contributed by atoms with E-state index in [-0.39, 0.29) is 23.6 Å². The van der Waals surface area contributed by atoms with Gasteiger partial charge in [0.05, 0.1) is 17.2 Å². The minimum Gasteiger partial charge on any atom is -0.464 e. The number of carbonyl (C=O) groups excluding carboxylic acids is 2. The molecule has 0 unspecified atom stereocenters. The lowest BCUT2D eigenvalue weighted by molar-refractivity contribution is -0.146. The SMILES string of the molecule is O=Cc1ccc(CCOC(=O)CO)c(Cl)c1F. The van der Waals surface area contributed by atoms with Gasteiger partial charge in [-0.3, -0.25) is 4.79 Å². The summed E-state index contributed by atoms with van der Waals surface area (Å²) in [4.78, 5) is 21.1. The molecule has 0 aliphatic carbocycles. The van der Waals surface area contributed by atoms with Crippen molar-refractivity contribution in [1.29, 1.82) is 0 Å². The fourth-order valence-corrected chi connectivity index (χ4v) is 1.48. The smallest absolute Gasteiger partial charge is 0.331 e. The first-order valence-electron chi connectivity index (χ1n) is 4.78. The Hall–Kier alpha value is -1.46. The largest absolute Gasteiger partial charge is 0.464 e. The topological polar surface area (TPSA) is 63.6 Å². The third-order valence-corrected chi connectivity index (χ3v) is 2.49. The van der Waals surface area contributed by atoms with Crippen LogP contribution in [0.3, 0.4) is 0 Å². The van der Waals surface area contributed by atoms with Gasteiger partial charge in [0, 0.05) is 6.42 Å². The van der Waals surface area contributed by atoms with Crippen molar-refractivity contribution in [1.82, 2.24) is 0 Å². The second-order valence-electron chi connectivity index (χ2n) is 3.19. The Kier molecular flexibility index (Phi) is 5.06. The molecule has 17 heavy (non-hydrogen) atoms. The average Bonchev–Trinajstić information content (AvgIpc) is 2.34. The molecule has 4 nitrogen and oxygen atoms in total. The number of aldehydes is 1. The van der Waals surface area contributed by atoms with Crippen molar-refractivity contribution in [3.05, 3.63) is 34.1 Å². The molecule has 92 valence electrons. The highest BCUT2D eigenvalue weighted by Gasteiger charge is 2.11. The van der Waals surface area contributed by atoms with Gasteiger partial charge in [-0.25, -0.2) is 9.18 Å². The molecule has 1 aromatic carbocycles. The molecule has 0 saturated heterocycles. The minimum atomic E-state index is -0.785. The Balaban J connectivity index is 2.69. The lowest BCUT2D eigenvalue weighted by Crippen LogP contribution is -2.11. The number of halogens is 2. The summed E-state index contributed by atoms with van der Waals surface area (Å²) in [6, 6.07) is 2.79. The van der Waals surface area contributed by atoms with Crippen molar-refractivity contribution in [3.8, 4) is 0 Å². The van der Waals surface area contributed by atoms with Gasteiger partial charge in [0.15, 0.2) is 12.1 Å². The van der Waals surface area contributed by atoms with Crippen LogP contribution in [0.2, 0.25) is 5.02 Å². The predicted octanol–water partition coefficient (Wildman–Crippen LogP) is 1.37. The van der Waals surface area contributed by atoms with E-state index in [9.17, 15) is 14.0 Å². The Morgan fingerprint density at radius 2 is 2.24 bits per heavy atom. The van der Waals surface area contributed by atoms with Crippen LogP contribution in [0.1, 0.15) is 15.9 Å². The van der Waals surface area contributed by atoms with Crippen molar-refractivity contribution in [2.75, 3.05) is 13.2 Å². The fraction of sp³-hybridized carbons (Fsp3) is 0.273. The summed E-state index contributed by atoms with van der Waals surface area (Å²) in [6.45, 7) is -0.717. The van der Waals surface area contributed by atoms with Gasteiger partial charge in [0.25, 0.3) is 0 Å². The predicted molar refractivity (Wildman–Crippen MR) is 58.5 cm³/mol. The first kappa shape index (κ1) is 13.6. The summed E-state index contributed by atoms with van der Waals surface area (Å²) >= 11 is 5.70. The van der Waals surface area contributed by atoms with Gasteiger partial charge < -0.3 is 9.84 Å². The number of esters is 1. The maximum absolute atomic E-state index is 13.4. The zero-order valence-electron chi connectivity index (χ0n) is 8.78. The van der Waals surface area contributed by atoms with E-state index < -0.39 is 18.4 Å². The molecule has 0 radical (unpaired) electrons. The monoisotopic (exact) mass is 260 g/mol. The molecule has 0 fully saturated rings. The molecule has 0 atom stereocenters. The number of carbonyl (C=O) groups is 2. The molecule has 0 aromatic heterocycles. The third kappa shape index (κ3) is 3.51. The van der Waals surface area contributed by atoms with E-state index in [1.807, 2.05) is 0 Å². The van der Waals surface area contributed by atoms with Gasteiger partial charge in [-0.05, 0) is 11.6 Å². The van der Waals surface area contributed by atoms with Crippen LogP contribution in [-0.4, -0.2) is 30.6 Å². The molecular weight excluding hydrogens is 251 g/mol. The van der Waals surface area contributed by atoms with E-state index in [1.165, 1.54) is 12.1 Å². The third-order valence-electron chi connectivity index (χ3n) is 2.08. The highest BCUT2D eigenvalue weighted by molar-refractivity contribution is 6.31. The second kappa shape index (κ2) is 6.32. The maximum atomic E-state index is 13.4. The normalized spacial score (nSPS) is 10.1. The van der Waals surface area contributed by atoms with Crippen LogP contribution < -0.4 is 0 Å². The summed E-state index contributed by atoms with van der Waals surface area (Å²) < 4.78 is 18.0. The molecule has 6 heteroatoms. The molecule has 1 rings (SSSR count). The molecule has 0 saturated carbocycles. The summed E-state index contributed by atoms with van der Waals surface area (Å²) in [5.74, 6) is -1.54. The summed E-state index contributed by atoms with van der Waals surface area (Å²) in [6.07, 6.45) is 0.581. The lowest BCUT2D eigenvalue weighted by Gasteiger charge is -2.07. The van der Waals surface area contributed by atoms with Crippen LogP contribution in [0.25, 0.3) is 0 Å². The van der Waals surface area contributed by atoms with E-state index in [2.05, 4.69) is 4.74 Å². The van der Waals surface area contributed by atoms with Gasteiger partial charge in [-0.2, -0.15) is 0 Å². The van der Waals surface area contributed by atoms with Crippen molar-refractivity contribution >= 4 is 23.9 Å². The van der Waals surface area contributed by atoms with Crippen LogP contribution in [0.5, 0.6) is 0 Å². The van der Waals surface area contributed by atoms with E-state index in [1.54, 1.807) is 0 Å². The van der Waals surface area contributed by atoms with Gasteiger partial charge in [-0.15, -0.1) is 0 Å². The van der Waals surface area contributed by atoms with Gasteiger partial charge in [-0.1, -0.05) is 17.7 Å². The molecule has 0 spiro atoms. The highest BCUT2D eigenvalue weighted by Crippen LogP contribution is 2.22. The molecule has 0 aliphatic rings. The van der Waals surface area contributed by atoms with Gasteiger partial charge in [0.2, 0.25) is 0 Å². The summed E-state index contributed by atoms with van der Waals surface area (Å²) in [5, 5.41) is 8.24. The highest BCUT2D eigenvalue weighted by atomic mass is 35.5. The van der Waals surface area contributed by atoms with Crippen molar-refractivity contribution in [2.24, 2.45) is 0 Å². The minimum absolute atomic E-state index is 0.0149. The quantitative estimate of drug-likeness (QED) is 0.642. The first-order valence-corrected chi connectivity index (χ1v) is 5.16. The first-order chi connectivity index (χ1) is 8.10. The zero-order chi connectivity index (χ0) is 12.8. The van der Waals surface area contributed by atoms with Crippen molar-refractivity contribution < 1.29 is 23.8 Å². The Morgan fingerprint density at radius 1 is 1.53 bits per heavy atom. The second-order valence-corrected chi connectivity index (χ2v) is 3.57. The molecule has 0 amide bonds. The maximum Gasteiger partial charge on any atom is 0.331 e. The van der Waals surface area contributed by atoms with Gasteiger partial charge in [0.1, 0.15) is 6.61 Å². The van der Waals surface area contributed by atoms with Crippen LogP contribution in [0, 0.1) is 5.82 Å². The van der Waals surface area contributed by atoms with E-state index in [0.717, 1.165) is 0 Å². The summed E-state index contributed by atoms with van der Waals surface area (Å²) in [7, 11) is 0. The standard InChI is InChI=1S/C11H10ClFO4/c12-10-7(3-4-17-9(16)6-15)1-2-8(5-14)11(10)13/h1-2,5,15H,3-4,6H2. The Bertz CT molecular complexity index is 434. The zero-order valence-corrected chi connectivity index (χ0v) is 9.54. The molecule has 1 aromatic rings. The number of aliphatic hydroxyl groups excluding tert-OH is 1. The molecule has 0 bridgehead atoms. The molecule has 0 aliphatic heterocycles.